The van der Waals surface area contributed by atoms with Crippen LogP contribution in [0.5, 0.6) is 5.75 Å². The Kier molecular flexibility index (Phi) is 5.04. The molecular formula is C20H18F3N3O2S. The van der Waals surface area contributed by atoms with Gasteiger partial charge in [0.25, 0.3) is 0 Å². The monoisotopic (exact) mass is 421 g/mol. The molecule has 152 valence electrons. The van der Waals surface area contributed by atoms with Gasteiger partial charge in [-0.2, -0.15) is 5.10 Å². The third-order valence-corrected chi connectivity index (χ3v) is 6.55. The van der Waals surface area contributed by atoms with E-state index in [4.69, 9.17) is 10.5 Å². The van der Waals surface area contributed by atoms with Gasteiger partial charge in [-0.25, -0.2) is 18.2 Å². The Bertz CT molecular complexity index is 996. The van der Waals surface area contributed by atoms with Gasteiger partial charge in [-0.15, -0.1) is 0 Å². The van der Waals surface area contributed by atoms with Crippen molar-refractivity contribution in [3.8, 4) is 5.75 Å². The molecule has 0 unspecified atom stereocenters. The van der Waals surface area contributed by atoms with E-state index in [1.165, 1.54) is 30.1 Å². The second-order valence-electron chi connectivity index (χ2n) is 6.92. The molecule has 2 aliphatic heterocycles. The molecule has 0 radical (unpaired) electrons. The van der Waals surface area contributed by atoms with Crippen molar-refractivity contribution in [2.75, 3.05) is 13.2 Å². The smallest absolute Gasteiger partial charge is 0.241 e. The maximum Gasteiger partial charge on any atom is 0.241 e. The Labute approximate surface area is 169 Å². The van der Waals surface area contributed by atoms with Crippen molar-refractivity contribution in [3.05, 3.63) is 65.0 Å². The molecular weight excluding hydrogens is 403 g/mol. The highest BCUT2D eigenvalue weighted by atomic mass is 32.2. The molecule has 0 saturated heterocycles. The molecule has 1 amide bonds. The summed E-state index contributed by atoms with van der Waals surface area (Å²) >= 11 is 1.16. The van der Waals surface area contributed by atoms with Crippen molar-refractivity contribution in [3.63, 3.8) is 0 Å². The highest BCUT2D eigenvalue weighted by Gasteiger charge is 2.56. The van der Waals surface area contributed by atoms with Crippen LogP contribution >= 0.6 is 11.8 Å². The lowest BCUT2D eigenvalue weighted by Crippen LogP contribution is -2.51. The van der Waals surface area contributed by atoms with Gasteiger partial charge >= 0.3 is 0 Å². The first kappa shape index (κ1) is 19.8. The van der Waals surface area contributed by atoms with Crippen LogP contribution in [0.25, 0.3) is 0 Å². The molecule has 0 aliphatic carbocycles. The summed E-state index contributed by atoms with van der Waals surface area (Å²) in [6.07, 6.45) is 0.479. The fraction of sp³-hybridized carbons (Fsp3) is 0.300. The number of hydrogen-bond acceptors (Lipinski definition) is 5. The molecule has 0 aromatic heterocycles. The molecule has 0 fully saturated rings. The lowest BCUT2D eigenvalue weighted by atomic mass is 9.86. The molecule has 2 atom stereocenters. The fourth-order valence-corrected chi connectivity index (χ4v) is 5.34. The SMILES string of the molecule is CC(=O)N1N=C(c2cc(F)cc(F)c2)S[C@]12c1cc(F)ccc1OC[C@H]2CCN. The molecule has 2 aromatic rings. The van der Waals surface area contributed by atoms with Crippen LogP contribution in [0.15, 0.2) is 41.5 Å². The Balaban J connectivity index is 1.90. The molecule has 9 heteroatoms. The summed E-state index contributed by atoms with van der Waals surface area (Å²) in [5.41, 5.74) is 6.43. The van der Waals surface area contributed by atoms with Crippen LogP contribution in [-0.2, 0) is 9.67 Å². The Morgan fingerprint density at radius 3 is 2.62 bits per heavy atom. The quantitative estimate of drug-likeness (QED) is 0.823. The molecule has 1 spiro atoms. The van der Waals surface area contributed by atoms with Crippen molar-refractivity contribution >= 4 is 22.7 Å². The predicted octanol–water partition coefficient (Wildman–Crippen LogP) is 3.57. The number of thioether (sulfide) groups is 1. The first-order chi connectivity index (χ1) is 13.8. The first-order valence-corrected chi connectivity index (χ1v) is 9.84. The fourth-order valence-electron chi connectivity index (χ4n) is 3.81. The number of carbonyl (C=O) groups excluding carboxylic acids is 1. The third kappa shape index (κ3) is 3.28. The molecule has 29 heavy (non-hydrogen) atoms. The number of ether oxygens (including phenoxy) is 1. The van der Waals surface area contributed by atoms with Gasteiger partial charge in [0.15, 0.2) is 4.87 Å². The molecule has 0 bridgehead atoms. The number of carbonyl (C=O) groups is 1. The van der Waals surface area contributed by atoms with Crippen molar-refractivity contribution in [2.45, 2.75) is 18.2 Å². The average Bonchev–Trinajstić information content (AvgIpc) is 3.06. The van der Waals surface area contributed by atoms with Gasteiger partial charge in [0.05, 0.1) is 6.61 Å². The van der Waals surface area contributed by atoms with E-state index in [1.54, 1.807) is 0 Å². The van der Waals surface area contributed by atoms with Crippen LogP contribution in [0.3, 0.4) is 0 Å². The van der Waals surface area contributed by atoms with Gasteiger partial charge in [0, 0.05) is 30.0 Å². The van der Waals surface area contributed by atoms with E-state index in [-0.39, 0.29) is 29.0 Å². The Hall–Kier alpha value is -2.52. The van der Waals surface area contributed by atoms with Crippen LogP contribution in [0.1, 0.15) is 24.5 Å². The lowest BCUT2D eigenvalue weighted by Gasteiger charge is -2.45. The number of nitrogens with zero attached hydrogens (tertiary/aromatic N) is 2. The number of amides is 1. The van der Waals surface area contributed by atoms with E-state index < -0.39 is 22.3 Å². The topological polar surface area (TPSA) is 67.9 Å². The summed E-state index contributed by atoms with van der Waals surface area (Å²) in [6, 6.07) is 7.15. The largest absolute Gasteiger partial charge is 0.493 e. The van der Waals surface area contributed by atoms with E-state index in [9.17, 15) is 18.0 Å². The zero-order valence-corrected chi connectivity index (χ0v) is 16.3. The summed E-state index contributed by atoms with van der Waals surface area (Å²) in [6.45, 7) is 1.90. The predicted molar refractivity (Wildman–Crippen MR) is 104 cm³/mol. The Morgan fingerprint density at radius 1 is 1.24 bits per heavy atom. The van der Waals surface area contributed by atoms with Crippen LogP contribution in [0, 0.1) is 23.4 Å². The van der Waals surface area contributed by atoms with Gasteiger partial charge in [0.2, 0.25) is 5.91 Å². The van der Waals surface area contributed by atoms with Gasteiger partial charge < -0.3 is 10.5 Å². The normalized spacial score (nSPS) is 23.0. The van der Waals surface area contributed by atoms with Crippen molar-refractivity contribution in [1.29, 1.82) is 0 Å². The van der Waals surface area contributed by atoms with E-state index >= 15 is 0 Å². The van der Waals surface area contributed by atoms with Crippen molar-refractivity contribution < 1.29 is 22.7 Å². The van der Waals surface area contributed by atoms with Gasteiger partial charge in [-0.3, -0.25) is 4.79 Å². The van der Waals surface area contributed by atoms with Crippen LogP contribution < -0.4 is 10.5 Å². The van der Waals surface area contributed by atoms with E-state index in [1.807, 2.05) is 0 Å². The highest BCUT2D eigenvalue weighted by molar-refractivity contribution is 8.15. The summed E-state index contributed by atoms with van der Waals surface area (Å²) in [5.74, 6) is -2.26. The zero-order chi connectivity index (χ0) is 20.8. The molecule has 2 N–H and O–H groups in total. The number of fused-ring (bicyclic) bond motifs is 2. The zero-order valence-electron chi connectivity index (χ0n) is 15.5. The number of benzene rings is 2. The number of nitrogens with two attached hydrogens (primary N) is 1. The summed E-state index contributed by atoms with van der Waals surface area (Å²) in [5, 5.41) is 5.91. The minimum atomic E-state index is -1.13. The van der Waals surface area contributed by atoms with Gasteiger partial charge in [0.1, 0.15) is 28.2 Å². The second kappa shape index (κ2) is 7.38. The lowest BCUT2D eigenvalue weighted by molar-refractivity contribution is -0.134. The second-order valence-corrected chi connectivity index (χ2v) is 8.13. The average molecular weight is 421 g/mol. The maximum atomic E-state index is 14.2. The number of halogens is 3. The van der Waals surface area contributed by atoms with Crippen molar-refractivity contribution in [1.82, 2.24) is 5.01 Å². The highest BCUT2D eigenvalue weighted by Crippen LogP contribution is 2.57. The Morgan fingerprint density at radius 2 is 1.97 bits per heavy atom. The summed E-state index contributed by atoms with van der Waals surface area (Å²) < 4.78 is 47.5. The molecule has 4 rings (SSSR count). The van der Waals surface area contributed by atoms with Crippen LogP contribution in [-0.4, -0.2) is 29.1 Å². The summed E-state index contributed by atoms with van der Waals surface area (Å²) in [4.78, 5) is 11.4. The molecule has 0 saturated carbocycles. The molecule has 2 heterocycles. The molecule has 2 aliphatic rings. The van der Waals surface area contributed by atoms with Crippen LogP contribution in [0.4, 0.5) is 13.2 Å². The van der Waals surface area contributed by atoms with Crippen molar-refractivity contribution in [2.24, 2.45) is 16.8 Å². The summed E-state index contributed by atoms with van der Waals surface area (Å²) in [7, 11) is 0. The standard InChI is InChI=1S/C20H18F3N3O2S/c1-11(27)26-20(29-19(25-26)12-6-15(22)8-16(23)7-12)13(4-5-24)10-28-18-3-2-14(21)9-17(18)20/h2-3,6-9,13H,4-5,10,24H2,1H3/t13-,20-/m1/s1. The van der Waals surface area contributed by atoms with Gasteiger partial charge in [-0.05, 0) is 43.3 Å². The molecule has 5 nitrogen and oxygen atoms in total. The number of hydrazone groups is 1. The number of hydrogen-bond donors (Lipinski definition) is 1. The molecule has 2 aromatic carbocycles. The minimum absolute atomic E-state index is 0.201. The maximum absolute atomic E-state index is 14.2. The van der Waals surface area contributed by atoms with Gasteiger partial charge in [-0.1, -0.05) is 11.8 Å². The number of rotatable bonds is 3. The first-order valence-electron chi connectivity index (χ1n) is 9.03. The van der Waals surface area contributed by atoms with E-state index in [0.717, 1.165) is 30.0 Å². The van der Waals surface area contributed by atoms with E-state index in [0.29, 0.717) is 24.3 Å². The van der Waals surface area contributed by atoms with E-state index in [2.05, 4.69) is 5.10 Å². The third-order valence-electron chi connectivity index (χ3n) is 5.00. The van der Waals surface area contributed by atoms with Crippen LogP contribution in [0.2, 0.25) is 0 Å². The minimum Gasteiger partial charge on any atom is -0.493 e.